The summed E-state index contributed by atoms with van der Waals surface area (Å²) in [6.07, 6.45) is -0.569. The highest BCUT2D eigenvalue weighted by molar-refractivity contribution is 9.11. The van der Waals surface area contributed by atoms with Crippen LogP contribution in [0.5, 0.6) is 0 Å². The summed E-state index contributed by atoms with van der Waals surface area (Å²) in [4.78, 5) is 11.7. The lowest BCUT2D eigenvalue weighted by Crippen LogP contribution is -2.18. The molecule has 0 aliphatic heterocycles. The SMILES string of the molecule is COC(=O)N/N=C(/C)c1ccc(Br)s1. The highest BCUT2D eigenvalue weighted by atomic mass is 79.9. The molecule has 4 nitrogen and oxygen atoms in total. The van der Waals surface area contributed by atoms with Crippen LogP contribution in [0.3, 0.4) is 0 Å². The fourth-order valence-corrected chi connectivity index (χ4v) is 2.07. The maximum atomic E-state index is 10.7. The van der Waals surface area contributed by atoms with E-state index in [2.05, 4.69) is 31.2 Å². The number of ether oxygens (including phenoxy) is 1. The number of thiophene rings is 1. The van der Waals surface area contributed by atoms with Crippen LogP contribution in [0.25, 0.3) is 0 Å². The van der Waals surface area contributed by atoms with Gasteiger partial charge in [0.15, 0.2) is 0 Å². The minimum atomic E-state index is -0.569. The molecule has 1 N–H and O–H groups in total. The molecule has 1 heterocycles. The van der Waals surface area contributed by atoms with Gasteiger partial charge in [0.25, 0.3) is 0 Å². The Morgan fingerprint density at radius 2 is 2.36 bits per heavy atom. The van der Waals surface area contributed by atoms with Crippen LogP contribution >= 0.6 is 27.3 Å². The van der Waals surface area contributed by atoms with Crippen molar-refractivity contribution >= 4 is 39.1 Å². The van der Waals surface area contributed by atoms with E-state index in [0.717, 1.165) is 14.4 Å². The van der Waals surface area contributed by atoms with E-state index < -0.39 is 6.09 Å². The van der Waals surface area contributed by atoms with Crippen LogP contribution < -0.4 is 5.43 Å². The number of carbonyl (C=O) groups is 1. The fourth-order valence-electron chi connectivity index (χ4n) is 0.739. The fraction of sp³-hybridized carbons (Fsp3) is 0.250. The molecule has 1 aromatic heterocycles. The molecule has 0 fully saturated rings. The minimum Gasteiger partial charge on any atom is -0.452 e. The van der Waals surface area contributed by atoms with E-state index in [9.17, 15) is 4.79 Å². The molecule has 14 heavy (non-hydrogen) atoms. The van der Waals surface area contributed by atoms with Gasteiger partial charge >= 0.3 is 6.09 Å². The summed E-state index contributed by atoms with van der Waals surface area (Å²) >= 11 is 4.89. The quantitative estimate of drug-likeness (QED) is 0.667. The zero-order valence-electron chi connectivity index (χ0n) is 7.70. The van der Waals surface area contributed by atoms with Gasteiger partial charge in [-0.1, -0.05) is 0 Å². The summed E-state index contributed by atoms with van der Waals surface area (Å²) in [6, 6.07) is 3.85. The maximum Gasteiger partial charge on any atom is 0.427 e. The lowest BCUT2D eigenvalue weighted by molar-refractivity contribution is 0.171. The molecule has 1 amide bonds. The third kappa shape index (κ3) is 3.12. The number of nitrogens with zero attached hydrogens (tertiary/aromatic N) is 1. The highest BCUT2D eigenvalue weighted by Gasteiger charge is 2.02. The zero-order chi connectivity index (χ0) is 10.6. The van der Waals surface area contributed by atoms with E-state index in [1.54, 1.807) is 11.3 Å². The molecule has 76 valence electrons. The Bertz CT molecular complexity index is 362. The lowest BCUT2D eigenvalue weighted by atomic mass is 10.3. The number of nitrogens with one attached hydrogen (secondary N) is 1. The Morgan fingerprint density at radius 3 is 2.86 bits per heavy atom. The van der Waals surface area contributed by atoms with Crippen LogP contribution in [0.4, 0.5) is 4.79 Å². The summed E-state index contributed by atoms with van der Waals surface area (Å²) < 4.78 is 5.41. The summed E-state index contributed by atoms with van der Waals surface area (Å²) in [7, 11) is 1.29. The molecule has 0 aliphatic rings. The van der Waals surface area contributed by atoms with Gasteiger partial charge < -0.3 is 4.74 Å². The van der Waals surface area contributed by atoms with Gasteiger partial charge in [-0.05, 0) is 35.0 Å². The van der Waals surface area contributed by atoms with Gasteiger partial charge in [-0.2, -0.15) is 5.10 Å². The van der Waals surface area contributed by atoms with Crippen LogP contribution in [0.15, 0.2) is 21.0 Å². The molecular weight excluding hydrogens is 268 g/mol. The lowest BCUT2D eigenvalue weighted by Gasteiger charge is -1.98. The Labute approximate surface area is 94.1 Å². The normalized spacial score (nSPS) is 11.2. The average molecular weight is 277 g/mol. The number of halogens is 1. The average Bonchev–Trinajstić information content (AvgIpc) is 2.60. The van der Waals surface area contributed by atoms with Gasteiger partial charge in [-0.3, -0.25) is 0 Å². The van der Waals surface area contributed by atoms with E-state index in [4.69, 9.17) is 0 Å². The van der Waals surface area contributed by atoms with Crippen LogP contribution in [-0.2, 0) is 4.74 Å². The van der Waals surface area contributed by atoms with Crippen molar-refractivity contribution in [3.8, 4) is 0 Å². The predicted octanol–water partition coefficient (Wildman–Crippen LogP) is 2.59. The molecule has 0 saturated heterocycles. The van der Waals surface area contributed by atoms with Crippen molar-refractivity contribution in [1.29, 1.82) is 0 Å². The van der Waals surface area contributed by atoms with Gasteiger partial charge in [0, 0.05) is 0 Å². The third-order valence-corrected chi connectivity index (χ3v) is 3.16. The highest BCUT2D eigenvalue weighted by Crippen LogP contribution is 2.22. The van der Waals surface area contributed by atoms with Crippen LogP contribution in [0.2, 0.25) is 0 Å². The molecule has 6 heteroatoms. The first-order chi connectivity index (χ1) is 6.63. The number of hydrogen-bond donors (Lipinski definition) is 1. The number of amides is 1. The van der Waals surface area contributed by atoms with Crippen molar-refractivity contribution in [3.05, 3.63) is 20.8 Å². The van der Waals surface area contributed by atoms with E-state index in [0.29, 0.717) is 0 Å². The van der Waals surface area contributed by atoms with Crippen molar-refractivity contribution in [2.24, 2.45) is 5.10 Å². The van der Waals surface area contributed by atoms with Crippen molar-refractivity contribution < 1.29 is 9.53 Å². The first-order valence-electron chi connectivity index (χ1n) is 3.77. The molecule has 0 atom stereocenters. The number of rotatable bonds is 2. The number of methoxy groups -OCH3 is 1. The number of hydrogen-bond acceptors (Lipinski definition) is 4. The molecule has 0 unspecified atom stereocenters. The molecule has 0 bridgehead atoms. The molecule has 0 radical (unpaired) electrons. The van der Waals surface area contributed by atoms with E-state index in [1.807, 2.05) is 19.1 Å². The van der Waals surface area contributed by atoms with E-state index in [1.165, 1.54) is 7.11 Å². The molecule has 1 aromatic rings. The summed E-state index contributed by atoms with van der Waals surface area (Å²) in [6.45, 7) is 1.81. The number of hydrazone groups is 1. The number of carbonyl (C=O) groups excluding carboxylic acids is 1. The van der Waals surface area contributed by atoms with Gasteiger partial charge in [0.05, 0.1) is 21.5 Å². The molecule has 0 saturated carbocycles. The molecule has 0 aromatic carbocycles. The van der Waals surface area contributed by atoms with Gasteiger partial charge in [-0.15, -0.1) is 11.3 Å². The molecule has 1 rings (SSSR count). The first-order valence-corrected chi connectivity index (χ1v) is 5.38. The van der Waals surface area contributed by atoms with E-state index in [-0.39, 0.29) is 0 Å². The first kappa shape index (κ1) is 11.2. The van der Waals surface area contributed by atoms with Crippen molar-refractivity contribution in [3.63, 3.8) is 0 Å². The maximum absolute atomic E-state index is 10.7. The topological polar surface area (TPSA) is 50.7 Å². The van der Waals surface area contributed by atoms with Crippen LogP contribution in [0.1, 0.15) is 11.8 Å². The van der Waals surface area contributed by atoms with Gasteiger partial charge in [0.2, 0.25) is 0 Å². The molecular formula is C8H9BrN2O2S. The Morgan fingerprint density at radius 1 is 1.64 bits per heavy atom. The summed E-state index contributed by atoms with van der Waals surface area (Å²) in [5.74, 6) is 0. The largest absolute Gasteiger partial charge is 0.452 e. The monoisotopic (exact) mass is 276 g/mol. The van der Waals surface area contributed by atoms with Crippen LogP contribution in [0, 0.1) is 0 Å². The van der Waals surface area contributed by atoms with E-state index >= 15 is 0 Å². The van der Waals surface area contributed by atoms with Gasteiger partial charge in [0.1, 0.15) is 0 Å². The summed E-state index contributed by atoms with van der Waals surface area (Å²) in [5, 5.41) is 3.86. The second-order valence-corrected chi connectivity index (χ2v) is 4.87. The second kappa shape index (κ2) is 5.11. The predicted molar refractivity (Wildman–Crippen MR) is 59.8 cm³/mol. The van der Waals surface area contributed by atoms with Crippen molar-refractivity contribution in [2.75, 3.05) is 7.11 Å². The van der Waals surface area contributed by atoms with Crippen molar-refractivity contribution in [1.82, 2.24) is 5.43 Å². The second-order valence-electron chi connectivity index (χ2n) is 2.40. The summed E-state index contributed by atoms with van der Waals surface area (Å²) in [5.41, 5.74) is 3.00. The Hall–Kier alpha value is -0.880. The standard InChI is InChI=1S/C8H9BrN2O2S/c1-5(10-11-8(12)13-2)6-3-4-7(9)14-6/h3-4H,1-2H3,(H,11,12)/b10-5-. The Kier molecular flexibility index (Phi) is 4.09. The molecule has 0 spiro atoms. The smallest absolute Gasteiger partial charge is 0.427 e. The van der Waals surface area contributed by atoms with Gasteiger partial charge in [-0.25, -0.2) is 10.2 Å². The molecule has 0 aliphatic carbocycles. The Balaban J connectivity index is 2.65. The van der Waals surface area contributed by atoms with Crippen LogP contribution in [-0.4, -0.2) is 18.9 Å². The zero-order valence-corrected chi connectivity index (χ0v) is 10.1. The third-order valence-electron chi connectivity index (χ3n) is 1.43. The van der Waals surface area contributed by atoms with Crippen molar-refractivity contribution in [2.45, 2.75) is 6.92 Å². The minimum absolute atomic E-state index is 0.569.